The smallest absolute Gasteiger partial charge is 0.259 e. The predicted molar refractivity (Wildman–Crippen MR) is 102 cm³/mol. The first kappa shape index (κ1) is 18.1. The lowest BCUT2D eigenvalue weighted by Gasteiger charge is -2.35. The van der Waals surface area contributed by atoms with E-state index < -0.39 is 23.1 Å². The molecule has 3 aromatic rings. The average Bonchev–Trinajstić information content (AvgIpc) is 2.73. The minimum absolute atomic E-state index is 0.116. The Labute approximate surface area is 161 Å². The van der Waals surface area contributed by atoms with Crippen LogP contribution >= 0.6 is 0 Å². The van der Waals surface area contributed by atoms with Crippen LogP contribution in [0.1, 0.15) is 20.7 Å². The van der Waals surface area contributed by atoms with Gasteiger partial charge in [-0.15, -0.1) is 0 Å². The van der Waals surface area contributed by atoms with Gasteiger partial charge in [-0.25, -0.2) is 8.78 Å². The molecule has 0 unspecified atom stereocenters. The lowest BCUT2D eigenvalue weighted by Crippen LogP contribution is -2.50. The first-order valence-electron chi connectivity index (χ1n) is 9.06. The molecule has 4 nitrogen and oxygen atoms in total. The zero-order chi connectivity index (χ0) is 19.7. The summed E-state index contributed by atoms with van der Waals surface area (Å²) < 4.78 is 27.7. The number of rotatable bonds is 2. The van der Waals surface area contributed by atoms with Gasteiger partial charge < -0.3 is 9.80 Å². The summed E-state index contributed by atoms with van der Waals surface area (Å²) in [5, 5.41) is 2.04. The normalized spacial score (nSPS) is 14.4. The maximum absolute atomic E-state index is 13.9. The van der Waals surface area contributed by atoms with Crippen LogP contribution in [0, 0.1) is 11.6 Å². The molecule has 1 heterocycles. The Morgan fingerprint density at radius 2 is 1.25 bits per heavy atom. The molecular formula is C22H18F2N2O2. The summed E-state index contributed by atoms with van der Waals surface area (Å²) in [6.45, 7) is 1.08. The maximum Gasteiger partial charge on any atom is 0.259 e. The predicted octanol–water partition coefficient (Wildman–Crippen LogP) is 3.72. The molecule has 0 aromatic heterocycles. The maximum atomic E-state index is 13.9. The van der Waals surface area contributed by atoms with Crippen molar-refractivity contribution in [3.8, 4) is 0 Å². The van der Waals surface area contributed by atoms with E-state index in [1.54, 1.807) is 11.0 Å². The third-order valence-electron chi connectivity index (χ3n) is 5.03. The van der Waals surface area contributed by atoms with Crippen LogP contribution in [0.4, 0.5) is 8.78 Å². The van der Waals surface area contributed by atoms with Gasteiger partial charge in [0.15, 0.2) is 0 Å². The van der Waals surface area contributed by atoms with Crippen LogP contribution in [-0.4, -0.2) is 47.8 Å². The van der Waals surface area contributed by atoms with Gasteiger partial charge in [0, 0.05) is 31.7 Å². The molecule has 0 bridgehead atoms. The second-order valence-electron chi connectivity index (χ2n) is 6.74. The number of halogens is 2. The lowest BCUT2D eigenvalue weighted by atomic mass is 10.1. The SMILES string of the molecule is O=C(c1ccc2ccccc2c1)N1CCN(C(=O)c2c(F)cccc2F)CC1. The molecule has 2 amide bonds. The van der Waals surface area contributed by atoms with Crippen LogP contribution in [0.15, 0.2) is 60.7 Å². The Hall–Kier alpha value is -3.28. The van der Waals surface area contributed by atoms with Crippen molar-refractivity contribution in [3.63, 3.8) is 0 Å². The number of carbonyl (C=O) groups excluding carboxylic acids is 2. The van der Waals surface area contributed by atoms with Crippen LogP contribution in [0.25, 0.3) is 10.8 Å². The van der Waals surface area contributed by atoms with Crippen molar-refractivity contribution in [1.29, 1.82) is 0 Å². The van der Waals surface area contributed by atoms with Gasteiger partial charge in [0.1, 0.15) is 17.2 Å². The number of benzene rings is 3. The molecule has 0 radical (unpaired) electrons. The third-order valence-corrected chi connectivity index (χ3v) is 5.03. The van der Waals surface area contributed by atoms with E-state index in [4.69, 9.17) is 0 Å². The quantitative estimate of drug-likeness (QED) is 0.680. The largest absolute Gasteiger partial charge is 0.335 e. The van der Waals surface area contributed by atoms with Gasteiger partial charge in [0.05, 0.1) is 0 Å². The van der Waals surface area contributed by atoms with Gasteiger partial charge in [-0.3, -0.25) is 9.59 Å². The second-order valence-corrected chi connectivity index (χ2v) is 6.74. The molecule has 1 aliphatic heterocycles. The first-order chi connectivity index (χ1) is 13.5. The zero-order valence-electron chi connectivity index (χ0n) is 15.1. The summed E-state index contributed by atoms with van der Waals surface area (Å²) in [6.07, 6.45) is 0. The highest BCUT2D eigenvalue weighted by Gasteiger charge is 2.28. The van der Waals surface area contributed by atoms with Crippen molar-refractivity contribution >= 4 is 22.6 Å². The minimum Gasteiger partial charge on any atom is -0.335 e. The molecule has 1 fully saturated rings. The second kappa shape index (κ2) is 7.38. The van der Waals surface area contributed by atoms with Crippen LogP contribution in [-0.2, 0) is 0 Å². The van der Waals surface area contributed by atoms with Crippen LogP contribution in [0.5, 0.6) is 0 Å². The van der Waals surface area contributed by atoms with Crippen LogP contribution < -0.4 is 0 Å². The molecule has 142 valence electrons. The Morgan fingerprint density at radius 1 is 0.679 bits per heavy atom. The third kappa shape index (κ3) is 3.33. The standard InChI is InChI=1S/C22H18F2N2O2/c23-18-6-3-7-19(24)20(18)22(28)26-12-10-25(11-13-26)21(27)17-9-8-15-4-1-2-5-16(15)14-17/h1-9,14H,10-13H2. The van der Waals surface area contributed by atoms with Gasteiger partial charge in [-0.1, -0.05) is 36.4 Å². The molecular weight excluding hydrogens is 362 g/mol. The van der Waals surface area contributed by atoms with Gasteiger partial charge in [-0.2, -0.15) is 0 Å². The lowest BCUT2D eigenvalue weighted by molar-refractivity contribution is 0.0530. The highest BCUT2D eigenvalue weighted by molar-refractivity contribution is 5.99. The molecule has 1 aliphatic rings. The Morgan fingerprint density at radius 3 is 1.89 bits per heavy atom. The number of hydrogen-bond donors (Lipinski definition) is 0. The molecule has 0 N–H and O–H groups in total. The van der Waals surface area contributed by atoms with Crippen molar-refractivity contribution in [2.45, 2.75) is 0 Å². The summed E-state index contributed by atoms with van der Waals surface area (Å²) in [5.74, 6) is -2.55. The Kier molecular flexibility index (Phi) is 4.77. The molecule has 28 heavy (non-hydrogen) atoms. The number of piperazine rings is 1. The van der Waals surface area contributed by atoms with E-state index >= 15 is 0 Å². The van der Waals surface area contributed by atoms with Crippen LogP contribution in [0.2, 0.25) is 0 Å². The fourth-order valence-corrected chi connectivity index (χ4v) is 3.48. The number of nitrogens with zero attached hydrogens (tertiary/aromatic N) is 2. The molecule has 6 heteroatoms. The fourth-order valence-electron chi connectivity index (χ4n) is 3.48. The van der Waals surface area contributed by atoms with Crippen molar-refractivity contribution in [2.75, 3.05) is 26.2 Å². The van der Waals surface area contributed by atoms with E-state index in [1.807, 2.05) is 36.4 Å². The molecule has 0 atom stereocenters. The Balaban J connectivity index is 1.46. The van der Waals surface area contributed by atoms with Gasteiger partial charge in [0.25, 0.3) is 11.8 Å². The van der Waals surface area contributed by atoms with Crippen LogP contribution in [0.3, 0.4) is 0 Å². The van der Waals surface area contributed by atoms with Gasteiger partial charge >= 0.3 is 0 Å². The monoisotopic (exact) mass is 380 g/mol. The summed E-state index contributed by atoms with van der Waals surface area (Å²) in [4.78, 5) is 28.3. The summed E-state index contributed by atoms with van der Waals surface area (Å²) >= 11 is 0. The van der Waals surface area contributed by atoms with E-state index in [2.05, 4.69) is 0 Å². The molecule has 0 saturated carbocycles. The Bertz CT molecular complexity index is 1040. The molecule has 3 aromatic carbocycles. The van der Waals surface area contributed by atoms with E-state index in [9.17, 15) is 18.4 Å². The molecule has 1 saturated heterocycles. The number of fused-ring (bicyclic) bond motifs is 1. The first-order valence-corrected chi connectivity index (χ1v) is 9.06. The van der Waals surface area contributed by atoms with Crippen molar-refractivity contribution < 1.29 is 18.4 Å². The van der Waals surface area contributed by atoms with Gasteiger partial charge in [0.2, 0.25) is 0 Å². The highest BCUT2D eigenvalue weighted by atomic mass is 19.1. The summed E-state index contributed by atoms with van der Waals surface area (Å²) in [6, 6.07) is 16.7. The highest BCUT2D eigenvalue weighted by Crippen LogP contribution is 2.19. The van der Waals surface area contributed by atoms with E-state index in [0.717, 1.165) is 22.9 Å². The fraction of sp³-hybridized carbons (Fsp3) is 0.182. The van der Waals surface area contributed by atoms with Crippen molar-refractivity contribution in [2.24, 2.45) is 0 Å². The van der Waals surface area contributed by atoms with E-state index in [1.165, 1.54) is 11.0 Å². The van der Waals surface area contributed by atoms with Gasteiger partial charge in [-0.05, 0) is 35.0 Å². The zero-order valence-corrected chi connectivity index (χ0v) is 15.1. The number of amides is 2. The average molecular weight is 380 g/mol. The van der Waals surface area contributed by atoms with E-state index in [0.29, 0.717) is 18.7 Å². The van der Waals surface area contributed by atoms with Crippen molar-refractivity contribution in [3.05, 3.63) is 83.4 Å². The summed E-state index contributed by atoms with van der Waals surface area (Å²) in [5.41, 5.74) is 0.0374. The number of carbonyl (C=O) groups is 2. The van der Waals surface area contributed by atoms with Crippen molar-refractivity contribution in [1.82, 2.24) is 9.80 Å². The minimum atomic E-state index is -0.875. The number of hydrogen-bond acceptors (Lipinski definition) is 2. The molecule has 0 aliphatic carbocycles. The summed E-state index contributed by atoms with van der Waals surface area (Å²) in [7, 11) is 0. The van der Waals surface area contributed by atoms with E-state index in [-0.39, 0.29) is 19.0 Å². The molecule has 4 rings (SSSR count). The topological polar surface area (TPSA) is 40.6 Å². The molecule has 0 spiro atoms.